The van der Waals surface area contributed by atoms with Gasteiger partial charge in [-0.05, 0) is 6.92 Å². The number of rotatable bonds is 5. The Labute approximate surface area is 102 Å². The van der Waals surface area contributed by atoms with E-state index in [4.69, 9.17) is 5.26 Å². The predicted octanol–water partition coefficient (Wildman–Crippen LogP) is 0.590. The monoisotopic (exact) mass is 256 g/mol. The SMILES string of the molecule is CCN(CC(C)C#N)S(=O)(=O)c1cn(C)cn1. The minimum Gasteiger partial charge on any atom is -0.339 e. The van der Waals surface area contributed by atoms with Crippen molar-refractivity contribution in [3.05, 3.63) is 12.5 Å². The van der Waals surface area contributed by atoms with Gasteiger partial charge in [-0.3, -0.25) is 0 Å². The van der Waals surface area contributed by atoms with Gasteiger partial charge in [0.05, 0.1) is 18.3 Å². The molecule has 1 rings (SSSR count). The Hall–Kier alpha value is -1.39. The van der Waals surface area contributed by atoms with Gasteiger partial charge >= 0.3 is 0 Å². The van der Waals surface area contributed by atoms with Gasteiger partial charge in [0.2, 0.25) is 0 Å². The van der Waals surface area contributed by atoms with Crippen LogP contribution in [-0.4, -0.2) is 35.4 Å². The van der Waals surface area contributed by atoms with Gasteiger partial charge in [0.25, 0.3) is 10.0 Å². The van der Waals surface area contributed by atoms with Crippen molar-refractivity contribution in [3.8, 4) is 6.07 Å². The normalized spacial score (nSPS) is 13.6. The topological polar surface area (TPSA) is 79.0 Å². The minimum atomic E-state index is -3.59. The molecular weight excluding hydrogens is 240 g/mol. The van der Waals surface area contributed by atoms with E-state index in [9.17, 15) is 8.42 Å². The molecule has 6 nitrogen and oxygen atoms in total. The molecule has 7 heteroatoms. The Morgan fingerprint density at radius 1 is 1.65 bits per heavy atom. The number of aromatic nitrogens is 2. The van der Waals surface area contributed by atoms with Crippen LogP contribution < -0.4 is 0 Å². The maximum atomic E-state index is 12.2. The van der Waals surface area contributed by atoms with E-state index in [1.807, 2.05) is 6.07 Å². The molecule has 1 unspecified atom stereocenters. The van der Waals surface area contributed by atoms with Gasteiger partial charge in [-0.1, -0.05) is 6.92 Å². The standard InChI is InChI=1S/C10H16N4O2S/c1-4-14(6-9(2)5-11)17(15,16)10-7-13(3)8-12-10/h7-9H,4,6H2,1-3H3. The van der Waals surface area contributed by atoms with Crippen molar-refractivity contribution in [2.45, 2.75) is 18.9 Å². The van der Waals surface area contributed by atoms with Gasteiger partial charge in [-0.2, -0.15) is 9.57 Å². The van der Waals surface area contributed by atoms with E-state index >= 15 is 0 Å². The Kier molecular flexibility index (Phi) is 4.26. The summed E-state index contributed by atoms with van der Waals surface area (Å²) < 4.78 is 27.2. The smallest absolute Gasteiger partial charge is 0.262 e. The van der Waals surface area contributed by atoms with E-state index in [2.05, 4.69) is 4.98 Å². The van der Waals surface area contributed by atoms with Crippen LogP contribution in [0.3, 0.4) is 0 Å². The molecule has 0 saturated carbocycles. The lowest BCUT2D eigenvalue weighted by atomic mass is 10.2. The second-order valence-electron chi connectivity index (χ2n) is 3.86. The third-order valence-corrected chi connectivity index (χ3v) is 4.16. The summed E-state index contributed by atoms with van der Waals surface area (Å²) in [6.45, 7) is 3.94. The molecule has 0 saturated heterocycles. The zero-order valence-corrected chi connectivity index (χ0v) is 11.0. The highest BCUT2D eigenvalue weighted by Crippen LogP contribution is 2.14. The zero-order chi connectivity index (χ0) is 13.1. The van der Waals surface area contributed by atoms with E-state index in [1.54, 1.807) is 25.5 Å². The van der Waals surface area contributed by atoms with E-state index in [1.165, 1.54) is 16.8 Å². The first kappa shape index (κ1) is 13.7. The van der Waals surface area contributed by atoms with Crippen LogP contribution in [0.2, 0.25) is 0 Å². The zero-order valence-electron chi connectivity index (χ0n) is 10.2. The molecule has 0 spiro atoms. The number of hydrogen-bond donors (Lipinski definition) is 0. The van der Waals surface area contributed by atoms with Gasteiger partial charge in [0.1, 0.15) is 0 Å². The number of hydrogen-bond acceptors (Lipinski definition) is 4. The summed E-state index contributed by atoms with van der Waals surface area (Å²) in [4.78, 5) is 3.84. The van der Waals surface area contributed by atoms with Crippen LogP contribution in [0.4, 0.5) is 0 Å². The van der Waals surface area contributed by atoms with Crippen LogP contribution in [0.25, 0.3) is 0 Å². The molecule has 1 aromatic rings. The predicted molar refractivity (Wildman–Crippen MR) is 62.4 cm³/mol. The molecule has 0 bridgehead atoms. The fourth-order valence-corrected chi connectivity index (χ4v) is 2.90. The van der Waals surface area contributed by atoms with Gasteiger partial charge in [0, 0.05) is 26.3 Å². The van der Waals surface area contributed by atoms with E-state index in [0.29, 0.717) is 6.54 Å². The lowest BCUT2D eigenvalue weighted by Crippen LogP contribution is -2.34. The summed E-state index contributed by atoms with van der Waals surface area (Å²) in [5.41, 5.74) is 0. The molecule has 0 aromatic carbocycles. The molecule has 0 amide bonds. The quantitative estimate of drug-likeness (QED) is 0.772. The average molecular weight is 256 g/mol. The van der Waals surface area contributed by atoms with E-state index in [-0.39, 0.29) is 17.5 Å². The van der Waals surface area contributed by atoms with Gasteiger partial charge in [-0.15, -0.1) is 0 Å². The van der Waals surface area contributed by atoms with Crippen LogP contribution in [0.5, 0.6) is 0 Å². The molecule has 0 N–H and O–H groups in total. The van der Waals surface area contributed by atoms with Crippen LogP contribution in [0.1, 0.15) is 13.8 Å². The van der Waals surface area contributed by atoms with Crippen molar-refractivity contribution >= 4 is 10.0 Å². The van der Waals surface area contributed by atoms with Crippen molar-refractivity contribution in [3.63, 3.8) is 0 Å². The molecule has 17 heavy (non-hydrogen) atoms. The molecule has 1 atom stereocenters. The molecule has 0 aliphatic carbocycles. The van der Waals surface area contributed by atoms with Crippen LogP contribution in [0, 0.1) is 17.2 Å². The molecule has 94 valence electrons. The highest BCUT2D eigenvalue weighted by molar-refractivity contribution is 7.89. The highest BCUT2D eigenvalue weighted by atomic mass is 32.2. The third kappa shape index (κ3) is 3.05. The van der Waals surface area contributed by atoms with Crippen molar-refractivity contribution in [1.29, 1.82) is 5.26 Å². The van der Waals surface area contributed by atoms with E-state index < -0.39 is 10.0 Å². The summed E-state index contributed by atoms with van der Waals surface area (Å²) >= 11 is 0. The van der Waals surface area contributed by atoms with Crippen molar-refractivity contribution < 1.29 is 8.42 Å². The Morgan fingerprint density at radius 2 is 2.29 bits per heavy atom. The summed E-state index contributed by atoms with van der Waals surface area (Å²) in [7, 11) is -1.88. The molecule has 0 radical (unpaired) electrons. The minimum absolute atomic E-state index is 0.0204. The first-order chi connectivity index (χ1) is 7.91. The fraction of sp³-hybridized carbons (Fsp3) is 0.600. The third-order valence-electron chi connectivity index (χ3n) is 2.34. The second-order valence-corrected chi connectivity index (χ2v) is 5.75. The van der Waals surface area contributed by atoms with Crippen LogP contribution >= 0.6 is 0 Å². The maximum Gasteiger partial charge on any atom is 0.262 e. The summed E-state index contributed by atoms with van der Waals surface area (Å²) in [5, 5.41) is 8.75. The molecule has 1 aromatic heterocycles. The van der Waals surface area contributed by atoms with Crippen molar-refractivity contribution in [2.24, 2.45) is 13.0 Å². The summed E-state index contributed by atoms with van der Waals surface area (Å²) in [6.07, 6.45) is 2.89. The number of aryl methyl sites for hydroxylation is 1. The van der Waals surface area contributed by atoms with Crippen molar-refractivity contribution in [2.75, 3.05) is 13.1 Å². The largest absolute Gasteiger partial charge is 0.339 e. The lowest BCUT2D eigenvalue weighted by molar-refractivity contribution is 0.398. The first-order valence-corrected chi connectivity index (χ1v) is 6.73. The highest BCUT2D eigenvalue weighted by Gasteiger charge is 2.26. The lowest BCUT2D eigenvalue weighted by Gasteiger charge is -2.19. The first-order valence-electron chi connectivity index (χ1n) is 5.29. The Bertz CT molecular complexity index is 515. The maximum absolute atomic E-state index is 12.2. The Morgan fingerprint density at radius 3 is 2.71 bits per heavy atom. The molecular formula is C10H16N4O2S. The molecule has 0 aliphatic heterocycles. The average Bonchev–Trinajstić information content (AvgIpc) is 2.72. The fourth-order valence-electron chi connectivity index (χ4n) is 1.40. The van der Waals surface area contributed by atoms with Crippen molar-refractivity contribution in [1.82, 2.24) is 13.9 Å². The summed E-state index contributed by atoms with van der Waals surface area (Å²) in [6, 6.07) is 2.03. The summed E-state index contributed by atoms with van der Waals surface area (Å²) in [5.74, 6) is -0.339. The van der Waals surface area contributed by atoms with Gasteiger partial charge < -0.3 is 4.57 Å². The number of nitriles is 1. The van der Waals surface area contributed by atoms with Crippen LogP contribution in [0.15, 0.2) is 17.6 Å². The second kappa shape index (κ2) is 5.29. The van der Waals surface area contributed by atoms with E-state index in [0.717, 1.165) is 0 Å². The number of imidazole rings is 1. The molecule has 0 aliphatic rings. The van der Waals surface area contributed by atoms with Gasteiger partial charge in [0.15, 0.2) is 5.03 Å². The van der Waals surface area contributed by atoms with Crippen LogP contribution in [-0.2, 0) is 17.1 Å². The molecule has 0 fully saturated rings. The molecule has 1 heterocycles. The number of nitrogens with zero attached hydrogens (tertiary/aromatic N) is 4. The van der Waals surface area contributed by atoms with Gasteiger partial charge in [-0.25, -0.2) is 13.4 Å². The number of sulfonamides is 1. The Balaban J connectivity index is 2.99.